The fourth-order valence-corrected chi connectivity index (χ4v) is 3.87. The third kappa shape index (κ3) is 2.75. The van der Waals surface area contributed by atoms with Crippen molar-refractivity contribution in [1.29, 1.82) is 0 Å². The number of thiazole rings is 1. The van der Waals surface area contributed by atoms with Crippen molar-refractivity contribution >= 4 is 32.6 Å². The Balaban J connectivity index is 1.46. The second-order valence-electron chi connectivity index (χ2n) is 5.80. The van der Waals surface area contributed by atoms with Crippen LogP contribution in [0.4, 0.5) is 9.52 Å². The lowest BCUT2D eigenvalue weighted by Crippen LogP contribution is -2.48. The minimum absolute atomic E-state index is 0.0749. The predicted octanol–water partition coefficient (Wildman–Crippen LogP) is 3.30. The molecule has 3 heterocycles. The molecule has 2 aromatic heterocycles. The average molecular weight is 345 g/mol. The fraction of sp³-hybridized carbons (Fsp3) is 0.294. The van der Waals surface area contributed by atoms with Gasteiger partial charge in [-0.05, 0) is 37.3 Å². The summed E-state index contributed by atoms with van der Waals surface area (Å²) in [6.45, 7) is 4.46. The van der Waals surface area contributed by atoms with E-state index in [1.807, 2.05) is 6.92 Å². The highest BCUT2D eigenvalue weighted by molar-refractivity contribution is 7.22. The summed E-state index contributed by atoms with van der Waals surface area (Å²) < 4.78 is 19.6. The molecule has 0 atom stereocenters. The maximum atomic E-state index is 13.3. The first-order valence-electron chi connectivity index (χ1n) is 7.77. The van der Waals surface area contributed by atoms with E-state index < -0.39 is 0 Å². The Morgan fingerprint density at radius 2 is 2.00 bits per heavy atom. The number of piperazine rings is 1. The summed E-state index contributed by atoms with van der Waals surface area (Å²) in [6, 6.07) is 8.14. The normalized spacial score (nSPS) is 15.2. The van der Waals surface area contributed by atoms with Crippen molar-refractivity contribution in [2.45, 2.75) is 6.92 Å². The molecule has 24 heavy (non-hydrogen) atoms. The van der Waals surface area contributed by atoms with Crippen molar-refractivity contribution in [2.75, 3.05) is 31.1 Å². The van der Waals surface area contributed by atoms with Gasteiger partial charge in [-0.15, -0.1) is 0 Å². The van der Waals surface area contributed by atoms with E-state index in [0.717, 1.165) is 21.1 Å². The molecule has 124 valence electrons. The maximum absolute atomic E-state index is 13.3. The molecule has 0 aliphatic carbocycles. The van der Waals surface area contributed by atoms with Crippen molar-refractivity contribution in [3.63, 3.8) is 0 Å². The number of aromatic nitrogens is 1. The van der Waals surface area contributed by atoms with Crippen molar-refractivity contribution in [2.24, 2.45) is 0 Å². The third-order valence-electron chi connectivity index (χ3n) is 4.13. The van der Waals surface area contributed by atoms with Crippen LogP contribution in [0.25, 0.3) is 10.2 Å². The van der Waals surface area contributed by atoms with Crippen LogP contribution in [0.3, 0.4) is 0 Å². The van der Waals surface area contributed by atoms with Gasteiger partial charge < -0.3 is 14.2 Å². The number of carbonyl (C=O) groups excluding carboxylic acids is 1. The molecule has 1 aliphatic heterocycles. The quantitative estimate of drug-likeness (QED) is 0.715. The van der Waals surface area contributed by atoms with Crippen LogP contribution in [-0.4, -0.2) is 42.0 Å². The fourth-order valence-electron chi connectivity index (χ4n) is 2.83. The Hall–Kier alpha value is -2.41. The summed E-state index contributed by atoms with van der Waals surface area (Å²) in [5.41, 5.74) is 0.806. The molecular formula is C17H16FN3O2S. The van der Waals surface area contributed by atoms with Gasteiger partial charge in [-0.25, -0.2) is 9.37 Å². The molecule has 0 bridgehead atoms. The zero-order valence-corrected chi connectivity index (χ0v) is 14.0. The number of furan rings is 1. The Morgan fingerprint density at radius 1 is 1.21 bits per heavy atom. The molecule has 4 rings (SSSR count). The van der Waals surface area contributed by atoms with Gasteiger partial charge in [0.1, 0.15) is 11.6 Å². The minimum atomic E-state index is -0.248. The molecule has 1 amide bonds. The smallest absolute Gasteiger partial charge is 0.289 e. The molecule has 1 aromatic carbocycles. The Morgan fingerprint density at radius 3 is 2.71 bits per heavy atom. The molecule has 0 radical (unpaired) electrons. The topological polar surface area (TPSA) is 49.6 Å². The molecule has 1 fully saturated rings. The van der Waals surface area contributed by atoms with Crippen molar-refractivity contribution in [1.82, 2.24) is 9.88 Å². The van der Waals surface area contributed by atoms with Crippen molar-refractivity contribution < 1.29 is 13.6 Å². The zero-order valence-electron chi connectivity index (χ0n) is 13.2. The monoisotopic (exact) mass is 345 g/mol. The van der Waals surface area contributed by atoms with E-state index >= 15 is 0 Å². The van der Waals surface area contributed by atoms with Crippen LogP contribution < -0.4 is 4.90 Å². The van der Waals surface area contributed by atoms with Crippen LogP contribution in [0.2, 0.25) is 0 Å². The van der Waals surface area contributed by atoms with Gasteiger partial charge in [0.15, 0.2) is 10.9 Å². The van der Waals surface area contributed by atoms with Gasteiger partial charge in [0.05, 0.1) is 10.2 Å². The number of halogens is 1. The number of nitrogens with zero attached hydrogens (tertiary/aromatic N) is 3. The van der Waals surface area contributed by atoms with E-state index in [2.05, 4.69) is 9.88 Å². The molecular weight excluding hydrogens is 329 g/mol. The van der Waals surface area contributed by atoms with Gasteiger partial charge in [-0.3, -0.25) is 4.79 Å². The van der Waals surface area contributed by atoms with Gasteiger partial charge in [0, 0.05) is 26.2 Å². The van der Waals surface area contributed by atoms with Crippen LogP contribution in [0.15, 0.2) is 34.7 Å². The van der Waals surface area contributed by atoms with Crippen LogP contribution in [0.1, 0.15) is 16.3 Å². The maximum Gasteiger partial charge on any atom is 0.289 e. The molecule has 0 unspecified atom stereocenters. The molecule has 0 saturated carbocycles. The number of anilines is 1. The van der Waals surface area contributed by atoms with E-state index in [-0.39, 0.29) is 11.7 Å². The molecule has 3 aromatic rings. The Labute approximate surface area is 142 Å². The zero-order chi connectivity index (χ0) is 16.7. The number of aryl methyl sites for hydroxylation is 1. The minimum Gasteiger partial charge on any atom is -0.456 e. The first-order chi connectivity index (χ1) is 11.6. The van der Waals surface area contributed by atoms with Gasteiger partial charge in [-0.2, -0.15) is 0 Å². The second-order valence-corrected chi connectivity index (χ2v) is 6.81. The largest absolute Gasteiger partial charge is 0.456 e. The summed E-state index contributed by atoms with van der Waals surface area (Å²) in [6.07, 6.45) is 0. The average Bonchev–Trinajstić information content (AvgIpc) is 3.20. The third-order valence-corrected chi connectivity index (χ3v) is 5.21. The summed E-state index contributed by atoms with van der Waals surface area (Å²) in [4.78, 5) is 20.9. The highest BCUT2D eigenvalue weighted by Crippen LogP contribution is 2.30. The molecule has 1 saturated heterocycles. The number of carbonyl (C=O) groups is 1. The van der Waals surface area contributed by atoms with E-state index in [4.69, 9.17) is 4.42 Å². The number of benzene rings is 1. The highest BCUT2D eigenvalue weighted by Gasteiger charge is 2.25. The van der Waals surface area contributed by atoms with Crippen LogP contribution >= 0.6 is 11.3 Å². The van der Waals surface area contributed by atoms with Crippen LogP contribution in [0, 0.1) is 12.7 Å². The molecule has 0 N–H and O–H groups in total. The summed E-state index contributed by atoms with van der Waals surface area (Å²) in [5.74, 6) is 0.797. The standard InChI is InChI=1S/C17H16FN3O2S/c1-11-2-5-14(23-11)16(22)20-6-8-21(9-7-20)17-19-13-4-3-12(18)10-15(13)24-17/h2-5,10H,6-9H2,1H3. The first kappa shape index (κ1) is 15.1. The van der Waals surface area contributed by atoms with Gasteiger partial charge >= 0.3 is 0 Å². The molecule has 0 spiro atoms. The van der Waals surface area contributed by atoms with E-state index in [1.54, 1.807) is 23.1 Å². The molecule has 5 nitrogen and oxygen atoms in total. The van der Waals surface area contributed by atoms with E-state index in [0.29, 0.717) is 31.9 Å². The van der Waals surface area contributed by atoms with E-state index in [9.17, 15) is 9.18 Å². The number of hydrogen-bond acceptors (Lipinski definition) is 5. The van der Waals surface area contributed by atoms with Crippen LogP contribution in [0.5, 0.6) is 0 Å². The second kappa shape index (κ2) is 5.90. The van der Waals surface area contributed by atoms with Gasteiger partial charge in [-0.1, -0.05) is 11.3 Å². The SMILES string of the molecule is Cc1ccc(C(=O)N2CCN(c3nc4ccc(F)cc4s3)CC2)o1. The van der Waals surface area contributed by atoms with Crippen LogP contribution in [-0.2, 0) is 0 Å². The number of rotatable bonds is 2. The lowest BCUT2D eigenvalue weighted by Gasteiger charge is -2.34. The first-order valence-corrected chi connectivity index (χ1v) is 8.58. The van der Waals surface area contributed by atoms with Gasteiger partial charge in [0.2, 0.25) is 0 Å². The summed E-state index contributed by atoms with van der Waals surface area (Å²) in [5, 5.41) is 0.872. The molecule has 1 aliphatic rings. The van der Waals surface area contributed by atoms with Crippen molar-refractivity contribution in [3.05, 3.63) is 47.7 Å². The number of fused-ring (bicyclic) bond motifs is 1. The summed E-state index contributed by atoms with van der Waals surface area (Å²) >= 11 is 1.48. The van der Waals surface area contributed by atoms with Crippen molar-refractivity contribution in [3.8, 4) is 0 Å². The number of amides is 1. The Bertz CT molecular complexity index is 896. The van der Waals surface area contributed by atoms with E-state index in [1.165, 1.54) is 23.5 Å². The summed E-state index contributed by atoms with van der Waals surface area (Å²) in [7, 11) is 0. The number of hydrogen-bond donors (Lipinski definition) is 0. The lowest BCUT2D eigenvalue weighted by molar-refractivity contribution is 0.0713. The Kier molecular flexibility index (Phi) is 3.72. The van der Waals surface area contributed by atoms with Gasteiger partial charge in [0.25, 0.3) is 5.91 Å². The lowest BCUT2D eigenvalue weighted by atomic mass is 10.3. The highest BCUT2D eigenvalue weighted by atomic mass is 32.1. The molecule has 7 heteroatoms. The predicted molar refractivity (Wildman–Crippen MR) is 91.1 cm³/mol.